The number of hydrogen-bond acceptors (Lipinski definition) is 3. The van der Waals surface area contributed by atoms with E-state index in [0.717, 1.165) is 17.9 Å². The Kier molecular flexibility index (Phi) is 5.27. The summed E-state index contributed by atoms with van der Waals surface area (Å²) in [5, 5.41) is 2.75. The first-order chi connectivity index (χ1) is 12.6. The molecule has 1 N–H and O–H groups in total. The molecule has 0 aliphatic carbocycles. The summed E-state index contributed by atoms with van der Waals surface area (Å²) in [6, 6.07) is 15.6. The standard InChI is InChI=1S/C21H20FN3O/c1-3-25(19-6-4-5-15(2)11-19)20-12-16(13-23-14-20)21(26)24-18-9-7-17(22)8-10-18/h4-14H,3H2,1-2H3,(H,24,26). The van der Waals surface area contributed by atoms with Crippen LogP contribution < -0.4 is 10.2 Å². The molecule has 3 aromatic rings. The van der Waals surface area contributed by atoms with E-state index in [1.807, 2.05) is 32.0 Å². The number of nitrogens with zero attached hydrogens (tertiary/aromatic N) is 2. The molecule has 3 rings (SSSR count). The van der Waals surface area contributed by atoms with Crippen molar-refractivity contribution in [2.75, 3.05) is 16.8 Å². The molecule has 132 valence electrons. The summed E-state index contributed by atoms with van der Waals surface area (Å²) in [4.78, 5) is 18.8. The predicted molar refractivity (Wildman–Crippen MR) is 102 cm³/mol. The second-order valence-corrected chi connectivity index (χ2v) is 5.98. The lowest BCUT2D eigenvalue weighted by Gasteiger charge is -2.23. The molecule has 0 unspecified atom stereocenters. The minimum atomic E-state index is -0.344. The first kappa shape index (κ1) is 17.6. The highest BCUT2D eigenvalue weighted by Crippen LogP contribution is 2.26. The lowest BCUT2D eigenvalue weighted by atomic mass is 10.1. The number of aryl methyl sites for hydroxylation is 1. The number of benzene rings is 2. The third-order valence-electron chi connectivity index (χ3n) is 4.03. The van der Waals surface area contributed by atoms with E-state index in [1.54, 1.807) is 12.3 Å². The zero-order chi connectivity index (χ0) is 18.5. The molecule has 0 aliphatic heterocycles. The number of halogens is 1. The molecular formula is C21H20FN3O. The van der Waals surface area contributed by atoms with Crippen LogP contribution in [0.25, 0.3) is 0 Å². The molecule has 4 nitrogen and oxygen atoms in total. The van der Waals surface area contributed by atoms with E-state index < -0.39 is 0 Å². The number of nitrogens with one attached hydrogen (secondary N) is 1. The quantitative estimate of drug-likeness (QED) is 0.710. The van der Waals surface area contributed by atoms with Crippen molar-refractivity contribution >= 4 is 23.0 Å². The van der Waals surface area contributed by atoms with Gasteiger partial charge in [-0.05, 0) is 61.9 Å². The summed E-state index contributed by atoms with van der Waals surface area (Å²) >= 11 is 0. The van der Waals surface area contributed by atoms with E-state index >= 15 is 0 Å². The van der Waals surface area contributed by atoms with Crippen LogP contribution in [-0.4, -0.2) is 17.4 Å². The SMILES string of the molecule is CCN(c1cccc(C)c1)c1cncc(C(=O)Nc2ccc(F)cc2)c1. The van der Waals surface area contributed by atoms with Gasteiger partial charge in [-0.1, -0.05) is 12.1 Å². The van der Waals surface area contributed by atoms with Crippen molar-refractivity contribution < 1.29 is 9.18 Å². The molecule has 2 aromatic carbocycles. The van der Waals surface area contributed by atoms with Crippen molar-refractivity contribution in [2.45, 2.75) is 13.8 Å². The maximum atomic E-state index is 13.0. The minimum absolute atomic E-state index is 0.286. The smallest absolute Gasteiger partial charge is 0.257 e. The Labute approximate surface area is 152 Å². The van der Waals surface area contributed by atoms with Crippen LogP contribution in [0.15, 0.2) is 67.0 Å². The highest BCUT2D eigenvalue weighted by molar-refractivity contribution is 6.04. The van der Waals surface area contributed by atoms with Gasteiger partial charge in [-0.2, -0.15) is 0 Å². The number of amides is 1. The van der Waals surface area contributed by atoms with Gasteiger partial charge in [-0.15, -0.1) is 0 Å². The molecule has 1 amide bonds. The molecule has 26 heavy (non-hydrogen) atoms. The number of carbonyl (C=O) groups is 1. The van der Waals surface area contributed by atoms with E-state index in [-0.39, 0.29) is 11.7 Å². The van der Waals surface area contributed by atoms with E-state index in [9.17, 15) is 9.18 Å². The first-order valence-corrected chi connectivity index (χ1v) is 8.43. The molecule has 0 fully saturated rings. The predicted octanol–water partition coefficient (Wildman–Crippen LogP) is 4.94. The maximum Gasteiger partial charge on any atom is 0.257 e. The number of pyridine rings is 1. The average Bonchev–Trinajstić information content (AvgIpc) is 2.65. The lowest BCUT2D eigenvalue weighted by Crippen LogP contribution is -2.18. The summed E-state index contributed by atoms with van der Waals surface area (Å²) in [6.45, 7) is 4.84. The van der Waals surface area contributed by atoms with Gasteiger partial charge in [0.2, 0.25) is 0 Å². The van der Waals surface area contributed by atoms with Gasteiger partial charge in [0.15, 0.2) is 0 Å². The Morgan fingerprint density at radius 3 is 2.54 bits per heavy atom. The first-order valence-electron chi connectivity index (χ1n) is 8.43. The third-order valence-corrected chi connectivity index (χ3v) is 4.03. The van der Waals surface area contributed by atoms with E-state index in [2.05, 4.69) is 21.3 Å². The molecule has 0 spiro atoms. The molecular weight excluding hydrogens is 329 g/mol. The Hall–Kier alpha value is -3.21. The molecule has 1 heterocycles. The number of hydrogen-bond donors (Lipinski definition) is 1. The fourth-order valence-electron chi connectivity index (χ4n) is 2.75. The summed E-state index contributed by atoms with van der Waals surface area (Å²) in [7, 11) is 0. The molecule has 0 radical (unpaired) electrons. The zero-order valence-corrected chi connectivity index (χ0v) is 14.7. The molecule has 0 saturated carbocycles. The van der Waals surface area contributed by atoms with Gasteiger partial charge in [0.1, 0.15) is 5.82 Å². The summed E-state index contributed by atoms with van der Waals surface area (Å²) in [5.41, 5.74) is 4.03. The van der Waals surface area contributed by atoms with Gasteiger partial charge in [0.25, 0.3) is 5.91 Å². The Morgan fingerprint density at radius 2 is 1.85 bits per heavy atom. The normalized spacial score (nSPS) is 10.4. The molecule has 0 atom stereocenters. The van der Waals surface area contributed by atoms with Gasteiger partial charge >= 0.3 is 0 Å². The Bertz CT molecular complexity index is 909. The average molecular weight is 349 g/mol. The fourth-order valence-corrected chi connectivity index (χ4v) is 2.75. The van der Waals surface area contributed by atoms with Crippen molar-refractivity contribution in [3.05, 3.63) is 83.9 Å². The highest BCUT2D eigenvalue weighted by atomic mass is 19.1. The second-order valence-electron chi connectivity index (χ2n) is 5.98. The van der Waals surface area contributed by atoms with Gasteiger partial charge in [-0.3, -0.25) is 9.78 Å². The van der Waals surface area contributed by atoms with Crippen molar-refractivity contribution in [3.8, 4) is 0 Å². The fraction of sp³-hybridized carbons (Fsp3) is 0.143. The number of rotatable bonds is 5. The summed E-state index contributed by atoms with van der Waals surface area (Å²) < 4.78 is 13.0. The number of carbonyl (C=O) groups excluding carboxylic acids is 1. The summed E-state index contributed by atoms with van der Waals surface area (Å²) in [5.74, 6) is -0.630. The van der Waals surface area contributed by atoms with E-state index in [0.29, 0.717) is 11.3 Å². The van der Waals surface area contributed by atoms with Crippen molar-refractivity contribution in [2.24, 2.45) is 0 Å². The van der Waals surface area contributed by atoms with E-state index in [1.165, 1.54) is 36.0 Å². The van der Waals surface area contributed by atoms with Crippen LogP contribution in [0.5, 0.6) is 0 Å². The van der Waals surface area contributed by atoms with E-state index in [4.69, 9.17) is 0 Å². The van der Waals surface area contributed by atoms with Crippen LogP contribution in [0.1, 0.15) is 22.8 Å². The van der Waals surface area contributed by atoms with Gasteiger partial charge < -0.3 is 10.2 Å². The van der Waals surface area contributed by atoms with Crippen molar-refractivity contribution in [1.82, 2.24) is 4.98 Å². The van der Waals surface area contributed by atoms with Crippen molar-refractivity contribution in [1.29, 1.82) is 0 Å². The molecule has 0 saturated heterocycles. The number of anilines is 3. The van der Waals surface area contributed by atoms with Crippen LogP contribution in [0.3, 0.4) is 0 Å². The zero-order valence-electron chi connectivity index (χ0n) is 14.7. The van der Waals surface area contributed by atoms with Crippen LogP contribution in [-0.2, 0) is 0 Å². The largest absolute Gasteiger partial charge is 0.340 e. The van der Waals surface area contributed by atoms with Gasteiger partial charge in [-0.25, -0.2) is 4.39 Å². The third kappa shape index (κ3) is 4.06. The van der Waals surface area contributed by atoms with Crippen LogP contribution in [0.2, 0.25) is 0 Å². The lowest BCUT2D eigenvalue weighted by molar-refractivity contribution is 0.102. The van der Waals surface area contributed by atoms with Crippen LogP contribution >= 0.6 is 0 Å². The highest BCUT2D eigenvalue weighted by Gasteiger charge is 2.12. The molecule has 5 heteroatoms. The topological polar surface area (TPSA) is 45.2 Å². The number of aromatic nitrogens is 1. The Morgan fingerprint density at radius 1 is 1.08 bits per heavy atom. The molecule has 0 aliphatic rings. The van der Waals surface area contributed by atoms with Crippen molar-refractivity contribution in [3.63, 3.8) is 0 Å². The second kappa shape index (κ2) is 7.78. The minimum Gasteiger partial charge on any atom is -0.340 e. The molecule has 0 bridgehead atoms. The van der Waals surface area contributed by atoms with Crippen LogP contribution in [0.4, 0.5) is 21.5 Å². The van der Waals surface area contributed by atoms with Crippen LogP contribution in [0, 0.1) is 12.7 Å². The molecule has 1 aromatic heterocycles. The van der Waals surface area contributed by atoms with Gasteiger partial charge in [0.05, 0.1) is 17.4 Å². The maximum absolute atomic E-state index is 13.0. The monoisotopic (exact) mass is 349 g/mol. The van der Waals surface area contributed by atoms with Gasteiger partial charge in [0, 0.05) is 24.1 Å². The Balaban J connectivity index is 1.84. The summed E-state index contributed by atoms with van der Waals surface area (Å²) in [6.07, 6.45) is 3.26.